The molecular weight excluding hydrogens is 434 g/mol. The molecule has 0 saturated heterocycles. The van der Waals surface area contributed by atoms with Gasteiger partial charge in [0.2, 0.25) is 5.91 Å². The first-order valence-electron chi connectivity index (χ1n) is 10.8. The van der Waals surface area contributed by atoms with E-state index >= 15 is 0 Å². The van der Waals surface area contributed by atoms with Crippen molar-refractivity contribution in [1.29, 1.82) is 0 Å². The number of amides is 1. The molecule has 0 spiro atoms. The Hall–Kier alpha value is -4.05. The largest absolute Gasteiger partial charge is 0.496 e. The highest BCUT2D eigenvalue weighted by Gasteiger charge is 2.17. The van der Waals surface area contributed by atoms with E-state index in [-0.39, 0.29) is 0 Å². The number of benzene rings is 1. The van der Waals surface area contributed by atoms with Gasteiger partial charge in [0.15, 0.2) is 5.65 Å². The number of nitrogens with zero attached hydrogens (tertiary/aromatic N) is 5. The van der Waals surface area contributed by atoms with E-state index in [1.54, 1.807) is 50.2 Å². The van der Waals surface area contributed by atoms with Crippen LogP contribution in [0.5, 0.6) is 5.75 Å². The smallest absolute Gasteiger partial charge is 0.248 e. The van der Waals surface area contributed by atoms with E-state index in [0.717, 1.165) is 22.2 Å². The summed E-state index contributed by atoms with van der Waals surface area (Å²) in [4.78, 5) is 24.6. The van der Waals surface area contributed by atoms with Crippen molar-refractivity contribution in [1.82, 2.24) is 24.7 Å². The number of aromatic nitrogens is 5. The third-order valence-corrected chi connectivity index (χ3v) is 5.25. The molecule has 0 unspecified atom stereocenters. The molecule has 34 heavy (non-hydrogen) atoms. The lowest BCUT2D eigenvalue weighted by Gasteiger charge is -2.17. The second-order valence-corrected chi connectivity index (χ2v) is 8.61. The summed E-state index contributed by atoms with van der Waals surface area (Å²) in [6.07, 6.45) is 5.63. The topological polar surface area (TPSA) is 141 Å². The second-order valence-electron chi connectivity index (χ2n) is 8.61. The van der Waals surface area contributed by atoms with Gasteiger partial charge < -0.3 is 20.9 Å². The Bertz CT molecular complexity index is 1330. The summed E-state index contributed by atoms with van der Waals surface area (Å²) in [6, 6.07) is 9.00. The maximum Gasteiger partial charge on any atom is 0.248 e. The first-order valence-corrected chi connectivity index (χ1v) is 10.8. The number of aliphatic hydroxyl groups is 1. The lowest BCUT2D eigenvalue weighted by Crippen LogP contribution is -2.26. The van der Waals surface area contributed by atoms with Crippen LogP contribution in [0, 0.1) is 0 Å². The second kappa shape index (κ2) is 9.44. The van der Waals surface area contributed by atoms with Gasteiger partial charge in [-0.2, -0.15) is 5.10 Å². The third-order valence-electron chi connectivity index (χ3n) is 5.25. The Balaban J connectivity index is 1.46. The van der Waals surface area contributed by atoms with E-state index in [0.29, 0.717) is 42.3 Å². The molecule has 0 atom stereocenters. The number of rotatable bonds is 9. The average molecular weight is 462 g/mol. The van der Waals surface area contributed by atoms with Crippen molar-refractivity contribution >= 4 is 22.8 Å². The van der Waals surface area contributed by atoms with E-state index in [1.165, 1.54) is 6.33 Å². The monoisotopic (exact) mass is 461 g/mol. The van der Waals surface area contributed by atoms with Crippen molar-refractivity contribution in [2.75, 3.05) is 19.0 Å². The fraction of sp³-hybridized carbons (Fsp3) is 0.292. The fourth-order valence-electron chi connectivity index (χ4n) is 3.64. The minimum Gasteiger partial charge on any atom is -0.496 e. The molecule has 10 heteroatoms. The molecule has 10 nitrogen and oxygen atoms in total. The maximum atomic E-state index is 11.4. The molecule has 0 aliphatic heterocycles. The molecule has 4 rings (SSSR count). The Morgan fingerprint density at radius 2 is 2.00 bits per heavy atom. The summed E-state index contributed by atoms with van der Waals surface area (Å²) >= 11 is 0. The van der Waals surface area contributed by atoms with Gasteiger partial charge in [0.1, 0.15) is 17.9 Å². The first kappa shape index (κ1) is 23.1. The van der Waals surface area contributed by atoms with Gasteiger partial charge in [-0.1, -0.05) is 6.07 Å². The number of carbonyl (C=O) groups excluding carboxylic acids is 1. The lowest BCUT2D eigenvalue weighted by atomic mass is 10.1. The minimum absolute atomic E-state index is 0.348. The van der Waals surface area contributed by atoms with E-state index in [2.05, 4.69) is 25.4 Å². The van der Waals surface area contributed by atoms with Gasteiger partial charge in [0.05, 0.1) is 31.1 Å². The number of carbonyl (C=O) groups is 1. The van der Waals surface area contributed by atoms with Crippen LogP contribution in [0.3, 0.4) is 0 Å². The van der Waals surface area contributed by atoms with Gasteiger partial charge >= 0.3 is 0 Å². The number of primary amides is 1. The number of fused-ring (bicyclic) bond motifs is 1. The number of nitrogens with two attached hydrogens (primary N) is 1. The SMILES string of the molecule is COc1cc(C(N)=O)ccc1CCNc1cc(-c2cnc3c(cnn3CC(C)(C)O)c2)ncn1. The van der Waals surface area contributed by atoms with Gasteiger partial charge in [-0.05, 0) is 44.0 Å². The molecule has 4 N–H and O–H groups in total. The molecular formula is C24H27N7O3. The van der Waals surface area contributed by atoms with Gasteiger partial charge in [0.25, 0.3) is 0 Å². The van der Waals surface area contributed by atoms with Crippen LogP contribution in [-0.4, -0.2) is 55.0 Å². The predicted octanol–water partition coefficient (Wildman–Crippen LogP) is 2.42. The van der Waals surface area contributed by atoms with Crippen LogP contribution in [0.25, 0.3) is 22.3 Å². The quantitative estimate of drug-likeness (QED) is 0.345. The number of nitrogens with one attached hydrogen (secondary N) is 1. The zero-order chi connectivity index (χ0) is 24.3. The zero-order valence-corrected chi connectivity index (χ0v) is 19.3. The molecule has 1 aromatic carbocycles. The predicted molar refractivity (Wildman–Crippen MR) is 129 cm³/mol. The Kier molecular flexibility index (Phi) is 6.42. The summed E-state index contributed by atoms with van der Waals surface area (Å²) in [5.41, 5.74) is 8.08. The maximum absolute atomic E-state index is 11.4. The Morgan fingerprint density at radius 1 is 1.18 bits per heavy atom. The van der Waals surface area contributed by atoms with Gasteiger partial charge in [-0.25, -0.2) is 19.6 Å². The van der Waals surface area contributed by atoms with Crippen molar-refractivity contribution in [2.24, 2.45) is 5.73 Å². The van der Waals surface area contributed by atoms with Crippen LogP contribution in [0.4, 0.5) is 5.82 Å². The lowest BCUT2D eigenvalue weighted by molar-refractivity contribution is 0.0589. The van der Waals surface area contributed by atoms with Gasteiger partial charge in [-0.3, -0.25) is 4.79 Å². The molecule has 3 heterocycles. The van der Waals surface area contributed by atoms with Crippen LogP contribution in [0.2, 0.25) is 0 Å². The number of pyridine rings is 1. The van der Waals surface area contributed by atoms with Gasteiger partial charge in [0, 0.05) is 35.3 Å². The molecule has 0 aliphatic rings. The highest BCUT2D eigenvalue weighted by atomic mass is 16.5. The molecule has 4 aromatic rings. The molecule has 176 valence electrons. The molecule has 3 aromatic heterocycles. The molecule has 1 amide bonds. The van der Waals surface area contributed by atoms with Crippen molar-refractivity contribution in [3.8, 4) is 17.0 Å². The van der Waals surface area contributed by atoms with Crippen molar-refractivity contribution < 1.29 is 14.6 Å². The zero-order valence-electron chi connectivity index (χ0n) is 19.3. The Labute approximate surface area is 196 Å². The van der Waals surface area contributed by atoms with Crippen LogP contribution in [-0.2, 0) is 13.0 Å². The molecule has 0 saturated carbocycles. The molecule has 0 bridgehead atoms. The van der Waals surface area contributed by atoms with Crippen molar-refractivity contribution in [3.63, 3.8) is 0 Å². The summed E-state index contributed by atoms with van der Waals surface area (Å²) in [6.45, 7) is 4.41. The molecule has 0 radical (unpaired) electrons. The van der Waals surface area contributed by atoms with Crippen LogP contribution >= 0.6 is 0 Å². The van der Waals surface area contributed by atoms with E-state index in [1.807, 2.05) is 18.2 Å². The van der Waals surface area contributed by atoms with E-state index in [9.17, 15) is 9.90 Å². The number of ether oxygens (including phenoxy) is 1. The van der Waals surface area contributed by atoms with Crippen LogP contribution in [0.1, 0.15) is 29.8 Å². The first-order chi connectivity index (χ1) is 16.2. The van der Waals surface area contributed by atoms with Crippen molar-refractivity contribution in [2.45, 2.75) is 32.4 Å². The van der Waals surface area contributed by atoms with E-state index < -0.39 is 11.5 Å². The number of anilines is 1. The third kappa shape index (κ3) is 5.29. The molecule has 0 fully saturated rings. The fourth-order valence-corrected chi connectivity index (χ4v) is 3.64. The highest BCUT2D eigenvalue weighted by molar-refractivity contribution is 5.93. The Morgan fingerprint density at radius 3 is 2.74 bits per heavy atom. The highest BCUT2D eigenvalue weighted by Crippen LogP contribution is 2.24. The number of hydrogen-bond acceptors (Lipinski definition) is 8. The summed E-state index contributed by atoms with van der Waals surface area (Å²) < 4.78 is 7.08. The number of methoxy groups -OCH3 is 1. The van der Waals surface area contributed by atoms with Crippen LogP contribution < -0.4 is 15.8 Å². The normalized spacial score (nSPS) is 11.5. The minimum atomic E-state index is -0.888. The standard InChI is InChI=1S/C24H27N7O3/c1-24(2,33)13-31-23-18(12-30-31)8-17(11-27-23)19-10-21(29-14-28-19)26-7-6-15-4-5-16(22(25)32)9-20(15)34-3/h4-5,8-12,14,33H,6-7,13H2,1-3H3,(H2,25,32)(H,26,28,29). The van der Waals surface area contributed by atoms with E-state index in [4.69, 9.17) is 10.5 Å². The van der Waals surface area contributed by atoms with Crippen molar-refractivity contribution in [3.05, 3.63) is 60.2 Å². The average Bonchev–Trinajstić information content (AvgIpc) is 3.19. The van der Waals surface area contributed by atoms with Gasteiger partial charge in [-0.15, -0.1) is 0 Å². The number of hydrogen-bond donors (Lipinski definition) is 3. The summed E-state index contributed by atoms with van der Waals surface area (Å²) in [5, 5.41) is 18.6. The van der Waals surface area contributed by atoms with Crippen LogP contribution in [0.15, 0.2) is 49.1 Å². The summed E-state index contributed by atoms with van der Waals surface area (Å²) in [7, 11) is 1.56. The summed E-state index contributed by atoms with van der Waals surface area (Å²) in [5.74, 6) is 0.801. The molecule has 0 aliphatic carbocycles.